The molecule has 0 rings (SSSR count). The van der Waals surface area contributed by atoms with Gasteiger partial charge >= 0.3 is 49.2 Å². The van der Waals surface area contributed by atoms with E-state index in [1.165, 1.54) is 0 Å². The van der Waals surface area contributed by atoms with Crippen LogP contribution in [-0.2, 0) is 17.1 Å². The molecule has 0 unspecified atom stereocenters. The zero-order chi connectivity index (χ0) is 9.00. The number of rotatable bonds is 0. The van der Waals surface area contributed by atoms with Crippen molar-refractivity contribution in [2.75, 3.05) is 0 Å². The molecule has 0 radical (unpaired) electrons. The van der Waals surface area contributed by atoms with Gasteiger partial charge in [0.1, 0.15) is 0 Å². The second-order valence-corrected chi connectivity index (χ2v) is 3.30. The SMILES string of the molecule is O[Si](O)(O)O.[Fe+2].[Mg+2].[O-][Si]([O-])([O-])[O-]. The van der Waals surface area contributed by atoms with Gasteiger partial charge in [0.15, 0.2) is 0 Å². The Kier molecular flexibility index (Phi) is 17.4. The van der Waals surface area contributed by atoms with E-state index in [9.17, 15) is 0 Å². The van der Waals surface area contributed by atoms with E-state index < -0.39 is 18.1 Å². The Balaban J connectivity index is -0.0000000457. The molecule has 70 valence electrons. The van der Waals surface area contributed by atoms with Crippen LogP contribution in [0.2, 0.25) is 0 Å². The summed E-state index contributed by atoms with van der Waals surface area (Å²) >= 11 is 0. The molecule has 0 aromatic rings. The van der Waals surface area contributed by atoms with Crippen molar-refractivity contribution in [2.24, 2.45) is 0 Å². The van der Waals surface area contributed by atoms with Crippen molar-refractivity contribution in [3.63, 3.8) is 0 Å². The maximum atomic E-state index is 8.58. The van der Waals surface area contributed by atoms with Crippen LogP contribution in [0.25, 0.3) is 0 Å². The average molecular weight is 268 g/mol. The Bertz CT molecular complexity index is 60.0. The Morgan fingerprint density at radius 2 is 0.750 bits per heavy atom. The van der Waals surface area contributed by atoms with Gasteiger partial charge in [-0.1, -0.05) is 0 Å². The van der Waals surface area contributed by atoms with Crippen LogP contribution >= 0.6 is 0 Å². The third-order valence-corrected chi connectivity index (χ3v) is 0. The van der Waals surface area contributed by atoms with Crippen LogP contribution in [0.15, 0.2) is 0 Å². The van der Waals surface area contributed by atoms with Crippen LogP contribution in [-0.4, -0.2) is 60.3 Å². The molecule has 4 N–H and O–H groups in total. The van der Waals surface area contributed by atoms with E-state index in [4.69, 9.17) is 38.4 Å². The summed E-state index contributed by atoms with van der Waals surface area (Å²) in [6, 6.07) is 0. The van der Waals surface area contributed by atoms with Crippen molar-refractivity contribution in [3.8, 4) is 0 Å². The summed E-state index contributed by atoms with van der Waals surface area (Å²) in [4.78, 5) is 63.6. The summed E-state index contributed by atoms with van der Waals surface area (Å²) in [6.07, 6.45) is 0. The predicted molar refractivity (Wildman–Crippen MR) is 26.1 cm³/mol. The van der Waals surface area contributed by atoms with Crippen molar-refractivity contribution < 1.29 is 55.4 Å². The number of hydrogen-bond acceptors (Lipinski definition) is 8. The monoisotopic (exact) mass is 268 g/mol. The fourth-order valence-corrected chi connectivity index (χ4v) is 0. The predicted octanol–water partition coefficient (Wildman–Crippen LogP) is -8.13. The fourth-order valence-electron chi connectivity index (χ4n) is 0. The van der Waals surface area contributed by atoms with Crippen LogP contribution in [0.3, 0.4) is 0 Å². The smallest absolute Gasteiger partial charge is 0.894 e. The van der Waals surface area contributed by atoms with Crippen molar-refractivity contribution >= 4 is 41.1 Å². The molecule has 0 saturated carbocycles. The Morgan fingerprint density at radius 1 is 0.750 bits per heavy atom. The molecule has 0 aliphatic rings. The van der Waals surface area contributed by atoms with Crippen molar-refractivity contribution in [1.29, 1.82) is 0 Å². The van der Waals surface area contributed by atoms with E-state index in [1.807, 2.05) is 0 Å². The van der Waals surface area contributed by atoms with Crippen molar-refractivity contribution in [3.05, 3.63) is 0 Å². The largest absolute Gasteiger partial charge is 2.00 e. The summed E-state index contributed by atoms with van der Waals surface area (Å²) in [6.45, 7) is 0. The van der Waals surface area contributed by atoms with Crippen LogP contribution in [0, 0.1) is 0 Å². The Hall–Kier alpha value is 1.40. The molecule has 0 bridgehead atoms. The van der Waals surface area contributed by atoms with E-state index in [1.54, 1.807) is 0 Å². The molecular weight excluding hydrogens is 264 g/mol. The zero-order valence-electron chi connectivity index (χ0n) is 5.48. The van der Waals surface area contributed by atoms with Gasteiger partial charge < -0.3 is 47.4 Å². The van der Waals surface area contributed by atoms with E-state index in [-0.39, 0.29) is 40.1 Å². The first-order chi connectivity index (χ1) is 4.00. The van der Waals surface area contributed by atoms with Gasteiger partial charge in [-0.2, -0.15) is 0 Å². The minimum Gasteiger partial charge on any atom is -0.894 e. The second-order valence-electron chi connectivity index (χ2n) is 1.10. The first-order valence-corrected chi connectivity index (χ1v) is 5.13. The first kappa shape index (κ1) is 23.3. The van der Waals surface area contributed by atoms with Gasteiger partial charge in [0.25, 0.3) is 0 Å². The van der Waals surface area contributed by atoms with E-state index in [2.05, 4.69) is 0 Å². The fraction of sp³-hybridized carbons (Fsp3) is 0. The topological polar surface area (TPSA) is 173 Å². The summed E-state index contributed by atoms with van der Waals surface area (Å²) < 4.78 is 0. The maximum absolute atomic E-state index is 8.58. The molecule has 0 aliphatic carbocycles. The molecule has 0 amide bonds. The molecule has 0 heterocycles. The molecule has 12 heavy (non-hydrogen) atoms. The number of hydrogen-bond donors (Lipinski definition) is 4. The van der Waals surface area contributed by atoms with E-state index in [0.717, 1.165) is 0 Å². The molecule has 0 aliphatic heterocycles. The van der Waals surface area contributed by atoms with Gasteiger partial charge in [-0.15, -0.1) is 0 Å². The van der Waals surface area contributed by atoms with Crippen LogP contribution < -0.4 is 19.2 Å². The van der Waals surface area contributed by atoms with E-state index in [0.29, 0.717) is 0 Å². The maximum Gasteiger partial charge on any atom is 2.00 e. The molecule has 0 aromatic heterocycles. The van der Waals surface area contributed by atoms with Gasteiger partial charge in [-0.05, 0) is 0 Å². The van der Waals surface area contributed by atoms with Crippen LogP contribution in [0.4, 0.5) is 0 Å². The third-order valence-electron chi connectivity index (χ3n) is 0. The van der Waals surface area contributed by atoms with E-state index >= 15 is 0 Å². The minimum atomic E-state index is -5.61. The zero-order valence-corrected chi connectivity index (χ0v) is 10.0. The van der Waals surface area contributed by atoms with Crippen LogP contribution in [0.5, 0.6) is 0 Å². The average Bonchev–Trinajstić information content (AvgIpc) is 1.12. The van der Waals surface area contributed by atoms with Gasteiger partial charge in [-0.25, -0.2) is 0 Å². The normalized spacial score (nSPS) is 10.0. The Morgan fingerprint density at radius 3 is 0.750 bits per heavy atom. The molecular formula is H4FeMgO8Si2. The molecule has 0 aromatic carbocycles. The van der Waals surface area contributed by atoms with Crippen molar-refractivity contribution in [1.82, 2.24) is 0 Å². The quantitative estimate of drug-likeness (QED) is 0.313. The minimum absolute atomic E-state index is 0. The standard InChI is InChI=1S/Fe.Mg.H4O4Si.O4Si/c;;2*1-5(2,3)4/h;;1-4H;/q2*+2;;-4. The summed E-state index contributed by atoms with van der Waals surface area (Å²) in [5, 5.41) is 0. The molecule has 0 saturated heterocycles. The second kappa shape index (κ2) is 8.97. The molecule has 0 spiro atoms. The van der Waals surface area contributed by atoms with Gasteiger partial charge in [0, 0.05) is 0 Å². The molecule has 8 nitrogen and oxygen atoms in total. The van der Waals surface area contributed by atoms with Crippen LogP contribution in [0.1, 0.15) is 0 Å². The first-order valence-electron chi connectivity index (χ1n) is 1.71. The molecule has 12 heteroatoms. The summed E-state index contributed by atoms with van der Waals surface area (Å²) in [5.41, 5.74) is 0. The Labute approximate surface area is 96.3 Å². The summed E-state index contributed by atoms with van der Waals surface area (Å²) in [5.74, 6) is 0. The summed E-state index contributed by atoms with van der Waals surface area (Å²) in [7, 11) is -10.2. The van der Waals surface area contributed by atoms with Gasteiger partial charge in [0.05, 0.1) is 0 Å². The van der Waals surface area contributed by atoms with Gasteiger partial charge in [-0.3, -0.25) is 0 Å². The third kappa shape index (κ3) is 629. The molecule has 0 atom stereocenters. The van der Waals surface area contributed by atoms with Gasteiger partial charge in [0.2, 0.25) is 0 Å². The van der Waals surface area contributed by atoms with Crippen molar-refractivity contribution in [2.45, 2.75) is 0 Å². The molecule has 0 fully saturated rings.